The maximum Gasteiger partial charge on any atom is 0.488 e. The van der Waals surface area contributed by atoms with E-state index in [1.807, 2.05) is 0 Å². The van der Waals surface area contributed by atoms with Gasteiger partial charge in [-0.3, -0.25) is 0 Å². The van der Waals surface area contributed by atoms with Crippen LogP contribution in [-0.4, -0.2) is 8.42 Å². The molecule has 94 valence electrons. The van der Waals surface area contributed by atoms with E-state index in [4.69, 9.17) is 0 Å². The van der Waals surface area contributed by atoms with Crippen molar-refractivity contribution in [1.82, 2.24) is 0 Å². The fourth-order valence-electron chi connectivity index (χ4n) is 1.46. The van der Waals surface area contributed by atoms with Gasteiger partial charge in [-0.05, 0) is 35.4 Å². The van der Waals surface area contributed by atoms with Crippen molar-refractivity contribution in [3.05, 3.63) is 54.3 Å². The minimum Gasteiger partial charge on any atom is -0.358 e. The Morgan fingerprint density at radius 1 is 0.833 bits per heavy atom. The first-order valence-corrected chi connectivity index (χ1v) is 6.25. The second kappa shape index (κ2) is 4.73. The highest BCUT2D eigenvalue weighted by Gasteiger charge is 2.09. The maximum absolute atomic E-state index is 12.7. The van der Waals surface area contributed by atoms with E-state index in [0.29, 0.717) is 0 Å². The Balaban J connectivity index is 2.25. The van der Waals surface area contributed by atoms with Crippen LogP contribution in [0.25, 0.3) is 11.1 Å². The molecule has 0 amide bonds. The number of benzene rings is 2. The number of rotatable bonds is 3. The fourth-order valence-corrected chi connectivity index (χ4v) is 1.80. The van der Waals surface area contributed by atoms with Crippen molar-refractivity contribution in [2.75, 3.05) is 0 Å². The predicted molar refractivity (Wildman–Crippen MR) is 62.5 cm³/mol. The average Bonchev–Trinajstić information content (AvgIpc) is 2.29. The summed E-state index contributed by atoms with van der Waals surface area (Å²) in [6.07, 6.45) is 0. The molecule has 0 aliphatic rings. The predicted octanol–water partition coefficient (Wildman–Crippen LogP) is 3.09. The molecule has 0 aromatic heterocycles. The second-order valence-corrected chi connectivity index (χ2v) is 4.46. The Morgan fingerprint density at radius 3 is 1.72 bits per heavy atom. The van der Waals surface area contributed by atoms with Crippen LogP contribution in [0.4, 0.5) is 8.28 Å². The Bertz CT molecular complexity index is 634. The standard InChI is InChI=1S/C12H8F2O3S/c13-11-5-1-9(2-6-11)10-3-7-12(8-4-10)17-18(14,15)16/h1-8H. The summed E-state index contributed by atoms with van der Waals surface area (Å²) in [6, 6.07) is 11.5. The summed E-state index contributed by atoms with van der Waals surface area (Å²) in [5.74, 6) is -0.467. The maximum atomic E-state index is 12.7. The van der Waals surface area contributed by atoms with Gasteiger partial charge < -0.3 is 4.18 Å². The molecule has 0 radical (unpaired) electrons. The molecule has 0 saturated carbocycles. The van der Waals surface area contributed by atoms with E-state index in [9.17, 15) is 16.7 Å². The van der Waals surface area contributed by atoms with Crippen LogP contribution >= 0.6 is 0 Å². The third-order valence-corrected chi connectivity index (χ3v) is 2.62. The number of hydrogen-bond donors (Lipinski definition) is 0. The lowest BCUT2D eigenvalue weighted by Gasteiger charge is -2.03. The van der Waals surface area contributed by atoms with E-state index in [0.717, 1.165) is 11.1 Å². The van der Waals surface area contributed by atoms with Crippen molar-refractivity contribution in [3.63, 3.8) is 0 Å². The Hall–Kier alpha value is -1.95. The van der Waals surface area contributed by atoms with E-state index in [-0.39, 0.29) is 11.6 Å². The lowest BCUT2D eigenvalue weighted by Crippen LogP contribution is -2.00. The lowest BCUT2D eigenvalue weighted by atomic mass is 10.1. The highest BCUT2D eigenvalue weighted by atomic mass is 32.3. The van der Waals surface area contributed by atoms with E-state index < -0.39 is 10.5 Å². The van der Waals surface area contributed by atoms with Crippen molar-refractivity contribution in [2.45, 2.75) is 0 Å². The zero-order chi connectivity index (χ0) is 13.2. The SMILES string of the molecule is O=S(=O)(F)Oc1ccc(-c2ccc(F)cc2)cc1. The van der Waals surface area contributed by atoms with Crippen LogP contribution in [0.2, 0.25) is 0 Å². The molecular formula is C12H8F2O3S. The minimum atomic E-state index is -5.01. The van der Waals surface area contributed by atoms with Gasteiger partial charge in [0.25, 0.3) is 0 Å². The van der Waals surface area contributed by atoms with E-state index in [1.54, 1.807) is 24.3 Å². The average molecular weight is 270 g/mol. The van der Waals surface area contributed by atoms with Crippen LogP contribution < -0.4 is 4.18 Å². The largest absolute Gasteiger partial charge is 0.488 e. The molecule has 0 bridgehead atoms. The first-order valence-electron chi connectivity index (χ1n) is 4.94. The van der Waals surface area contributed by atoms with Gasteiger partial charge in [-0.25, -0.2) is 4.39 Å². The zero-order valence-electron chi connectivity index (χ0n) is 9.01. The monoisotopic (exact) mass is 270 g/mol. The molecule has 0 atom stereocenters. The summed E-state index contributed by atoms with van der Waals surface area (Å²) in [7, 11) is -5.01. The molecule has 2 rings (SSSR count). The molecule has 2 aromatic rings. The molecule has 0 aliphatic heterocycles. The van der Waals surface area contributed by atoms with Crippen LogP contribution in [0.1, 0.15) is 0 Å². The highest BCUT2D eigenvalue weighted by molar-refractivity contribution is 7.81. The van der Waals surface area contributed by atoms with Gasteiger partial charge in [0.05, 0.1) is 0 Å². The van der Waals surface area contributed by atoms with Crippen molar-refractivity contribution >= 4 is 10.5 Å². The van der Waals surface area contributed by atoms with Crippen molar-refractivity contribution in [3.8, 4) is 16.9 Å². The summed E-state index contributed by atoms with van der Waals surface area (Å²) >= 11 is 0. The van der Waals surface area contributed by atoms with Gasteiger partial charge in [-0.2, -0.15) is 8.42 Å². The third kappa shape index (κ3) is 3.27. The summed E-state index contributed by atoms with van der Waals surface area (Å²) in [4.78, 5) is 0. The van der Waals surface area contributed by atoms with Gasteiger partial charge in [0.15, 0.2) is 0 Å². The Morgan fingerprint density at radius 2 is 1.28 bits per heavy atom. The van der Waals surface area contributed by atoms with E-state index in [2.05, 4.69) is 4.18 Å². The Kier molecular flexibility index (Phi) is 3.29. The van der Waals surface area contributed by atoms with Gasteiger partial charge in [-0.1, -0.05) is 28.2 Å². The smallest absolute Gasteiger partial charge is 0.358 e. The van der Waals surface area contributed by atoms with Gasteiger partial charge in [0.2, 0.25) is 0 Å². The molecule has 6 heteroatoms. The molecule has 0 fully saturated rings. The quantitative estimate of drug-likeness (QED) is 0.805. The van der Waals surface area contributed by atoms with Crippen LogP contribution in [0.5, 0.6) is 5.75 Å². The number of hydrogen-bond acceptors (Lipinski definition) is 3. The van der Waals surface area contributed by atoms with Crippen molar-refractivity contribution in [2.24, 2.45) is 0 Å². The first kappa shape index (κ1) is 12.5. The summed E-state index contributed by atoms with van der Waals surface area (Å²) in [5.41, 5.74) is 1.49. The molecule has 0 heterocycles. The van der Waals surface area contributed by atoms with Gasteiger partial charge in [0, 0.05) is 0 Å². The molecule has 2 aromatic carbocycles. The third-order valence-electron chi connectivity index (χ3n) is 2.23. The van der Waals surface area contributed by atoms with Crippen LogP contribution in [0.15, 0.2) is 48.5 Å². The zero-order valence-corrected chi connectivity index (χ0v) is 9.82. The minimum absolute atomic E-state index is 0.122. The molecule has 0 unspecified atom stereocenters. The fraction of sp³-hybridized carbons (Fsp3) is 0. The molecule has 0 N–H and O–H groups in total. The van der Waals surface area contributed by atoms with Gasteiger partial charge in [-0.15, -0.1) is 0 Å². The first-order chi connectivity index (χ1) is 8.44. The molecule has 0 spiro atoms. The van der Waals surface area contributed by atoms with Crippen LogP contribution in [0.3, 0.4) is 0 Å². The van der Waals surface area contributed by atoms with Crippen LogP contribution in [-0.2, 0) is 10.5 Å². The summed E-state index contributed by atoms with van der Waals surface area (Å²) in [6.45, 7) is 0. The normalized spacial score (nSPS) is 11.2. The molecule has 3 nitrogen and oxygen atoms in total. The van der Waals surface area contributed by atoms with Gasteiger partial charge >= 0.3 is 10.5 Å². The highest BCUT2D eigenvalue weighted by Crippen LogP contribution is 2.23. The topological polar surface area (TPSA) is 43.4 Å². The van der Waals surface area contributed by atoms with E-state index >= 15 is 0 Å². The van der Waals surface area contributed by atoms with Crippen molar-refractivity contribution in [1.29, 1.82) is 0 Å². The summed E-state index contributed by atoms with van der Waals surface area (Å²) < 4.78 is 49.6. The van der Waals surface area contributed by atoms with Crippen LogP contribution in [0, 0.1) is 5.82 Å². The van der Waals surface area contributed by atoms with Crippen molar-refractivity contribution < 1.29 is 20.9 Å². The van der Waals surface area contributed by atoms with E-state index in [1.165, 1.54) is 24.3 Å². The summed E-state index contributed by atoms with van der Waals surface area (Å²) in [5, 5.41) is 0. The number of halogens is 2. The molecule has 0 aliphatic carbocycles. The van der Waals surface area contributed by atoms with Gasteiger partial charge in [0.1, 0.15) is 11.6 Å². The molecule has 18 heavy (non-hydrogen) atoms. The molecular weight excluding hydrogens is 262 g/mol. The Labute approximate surface area is 103 Å². The lowest BCUT2D eigenvalue weighted by molar-refractivity contribution is 0.440. The second-order valence-electron chi connectivity index (χ2n) is 3.51. The molecule has 0 saturated heterocycles.